The van der Waals surface area contributed by atoms with Crippen molar-refractivity contribution in [2.45, 2.75) is 19.3 Å². The third-order valence-corrected chi connectivity index (χ3v) is 2.75. The quantitative estimate of drug-likeness (QED) is 0.837. The first-order valence-corrected chi connectivity index (χ1v) is 5.51. The second-order valence-electron chi connectivity index (χ2n) is 4.02. The molecule has 16 heavy (non-hydrogen) atoms. The van der Waals surface area contributed by atoms with Crippen LogP contribution in [0.5, 0.6) is 11.5 Å². The number of fused-ring (bicyclic) bond motifs is 1. The number of ether oxygens (including phenoxy) is 2. The number of hydrogen-bond acceptors (Lipinski definition) is 3. The Morgan fingerprint density at radius 3 is 2.88 bits per heavy atom. The van der Waals surface area contributed by atoms with Gasteiger partial charge < -0.3 is 15.2 Å². The van der Waals surface area contributed by atoms with E-state index in [0.717, 1.165) is 12.0 Å². The van der Waals surface area contributed by atoms with Gasteiger partial charge in [-0.1, -0.05) is 6.92 Å². The van der Waals surface area contributed by atoms with Gasteiger partial charge in [0.2, 0.25) is 0 Å². The fourth-order valence-electron chi connectivity index (χ4n) is 1.67. The number of nitrogens with two attached hydrogens (primary N) is 1. The largest absolute Gasteiger partial charge is 0.489 e. The van der Waals surface area contributed by atoms with Crippen LogP contribution in [0.1, 0.15) is 24.8 Å². The van der Waals surface area contributed by atoms with E-state index in [-0.39, 0.29) is 17.5 Å². The standard InChI is InChI=1S/C12H16FNO2/c1-8(7-14)9-5-10(13)12-11(6-9)15-3-2-4-16-12/h5-6,8H,2-4,7,14H2,1H3. The summed E-state index contributed by atoms with van der Waals surface area (Å²) in [5, 5.41) is 0. The van der Waals surface area contributed by atoms with Crippen molar-refractivity contribution < 1.29 is 13.9 Å². The highest BCUT2D eigenvalue weighted by Gasteiger charge is 2.18. The maximum Gasteiger partial charge on any atom is 0.197 e. The fraction of sp³-hybridized carbons (Fsp3) is 0.500. The first-order valence-electron chi connectivity index (χ1n) is 5.51. The zero-order valence-corrected chi connectivity index (χ0v) is 9.33. The zero-order chi connectivity index (χ0) is 11.5. The first-order chi connectivity index (χ1) is 7.72. The molecule has 0 bridgehead atoms. The number of rotatable bonds is 2. The Morgan fingerprint density at radius 2 is 2.12 bits per heavy atom. The molecule has 0 fully saturated rings. The summed E-state index contributed by atoms with van der Waals surface area (Å²) < 4.78 is 24.5. The van der Waals surface area contributed by atoms with E-state index in [1.54, 1.807) is 0 Å². The molecule has 0 radical (unpaired) electrons. The van der Waals surface area contributed by atoms with E-state index in [0.29, 0.717) is 25.5 Å². The molecule has 1 aromatic carbocycles. The summed E-state index contributed by atoms with van der Waals surface area (Å²) in [5.74, 6) is 0.472. The maximum absolute atomic E-state index is 13.8. The van der Waals surface area contributed by atoms with E-state index in [1.807, 2.05) is 13.0 Å². The molecule has 0 saturated carbocycles. The number of hydrogen-bond donors (Lipinski definition) is 1. The van der Waals surface area contributed by atoms with Crippen molar-refractivity contribution in [3.63, 3.8) is 0 Å². The topological polar surface area (TPSA) is 44.5 Å². The number of benzene rings is 1. The van der Waals surface area contributed by atoms with Crippen molar-refractivity contribution in [1.82, 2.24) is 0 Å². The van der Waals surface area contributed by atoms with E-state index in [9.17, 15) is 4.39 Å². The number of halogens is 1. The predicted molar refractivity (Wildman–Crippen MR) is 59.5 cm³/mol. The molecule has 1 unspecified atom stereocenters. The SMILES string of the molecule is CC(CN)c1cc(F)c2c(c1)OCCCO2. The molecule has 0 aromatic heterocycles. The van der Waals surface area contributed by atoms with E-state index < -0.39 is 0 Å². The van der Waals surface area contributed by atoms with Gasteiger partial charge in [0.1, 0.15) is 0 Å². The molecule has 0 amide bonds. The van der Waals surface area contributed by atoms with Crippen molar-refractivity contribution in [1.29, 1.82) is 0 Å². The lowest BCUT2D eigenvalue weighted by Gasteiger charge is -2.14. The van der Waals surface area contributed by atoms with Gasteiger partial charge in [-0.2, -0.15) is 0 Å². The molecule has 2 rings (SSSR count). The summed E-state index contributed by atoms with van der Waals surface area (Å²) in [7, 11) is 0. The lowest BCUT2D eigenvalue weighted by molar-refractivity contribution is 0.292. The van der Waals surface area contributed by atoms with Gasteiger partial charge in [0, 0.05) is 6.42 Å². The van der Waals surface area contributed by atoms with Gasteiger partial charge in [-0.3, -0.25) is 0 Å². The van der Waals surface area contributed by atoms with Crippen LogP contribution in [0.3, 0.4) is 0 Å². The Hall–Kier alpha value is -1.29. The van der Waals surface area contributed by atoms with Crippen molar-refractivity contribution in [2.75, 3.05) is 19.8 Å². The van der Waals surface area contributed by atoms with Gasteiger partial charge in [-0.05, 0) is 30.2 Å². The van der Waals surface area contributed by atoms with Crippen LogP contribution in [0.25, 0.3) is 0 Å². The Morgan fingerprint density at radius 1 is 1.38 bits per heavy atom. The van der Waals surface area contributed by atoms with Gasteiger partial charge in [0.15, 0.2) is 17.3 Å². The van der Waals surface area contributed by atoms with Crippen LogP contribution in [0.2, 0.25) is 0 Å². The highest BCUT2D eigenvalue weighted by molar-refractivity contribution is 5.45. The predicted octanol–water partition coefficient (Wildman–Crippen LogP) is 2.05. The van der Waals surface area contributed by atoms with Crippen LogP contribution < -0.4 is 15.2 Å². The van der Waals surface area contributed by atoms with Crippen LogP contribution in [0.15, 0.2) is 12.1 Å². The van der Waals surface area contributed by atoms with E-state index in [2.05, 4.69) is 0 Å². The molecular weight excluding hydrogens is 209 g/mol. The molecule has 0 spiro atoms. The van der Waals surface area contributed by atoms with Gasteiger partial charge in [-0.25, -0.2) is 4.39 Å². The monoisotopic (exact) mass is 225 g/mol. The van der Waals surface area contributed by atoms with E-state index >= 15 is 0 Å². The van der Waals surface area contributed by atoms with Gasteiger partial charge >= 0.3 is 0 Å². The van der Waals surface area contributed by atoms with Gasteiger partial charge in [-0.15, -0.1) is 0 Å². The minimum absolute atomic E-state index is 0.117. The molecule has 0 aliphatic carbocycles. The molecule has 1 aliphatic rings. The molecule has 1 aliphatic heterocycles. The summed E-state index contributed by atoms with van der Waals surface area (Å²) in [6, 6.07) is 3.30. The molecule has 0 saturated heterocycles. The Labute approximate surface area is 94.3 Å². The van der Waals surface area contributed by atoms with Crippen molar-refractivity contribution >= 4 is 0 Å². The van der Waals surface area contributed by atoms with Crippen LogP contribution in [0, 0.1) is 5.82 Å². The molecule has 1 heterocycles. The molecule has 1 aromatic rings. The van der Waals surface area contributed by atoms with Crippen molar-refractivity contribution in [3.05, 3.63) is 23.5 Å². The highest BCUT2D eigenvalue weighted by Crippen LogP contribution is 2.35. The summed E-state index contributed by atoms with van der Waals surface area (Å²) in [6.07, 6.45) is 0.774. The van der Waals surface area contributed by atoms with Crippen molar-refractivity contribution in [2.24, 2.45) is 5.73 Å². The molecule has 1 atom stereocenters. The summed E-state index contributed by atoms with van der Waals surface area (Å²) in [4.78, 5) is 0. The minimum Gasteiger partial charge on any atom is -0.489 e. The van der Waals surface area contributed by atoms with E-state index in [1.165, 1.54) is 6.07 Å². The molecule has 4 heteroatoms. The lowest BCUT2D eigenvalue weighted by Crippen LogP contribution is -2.09. The average molecular weight is 225 g/mol. The fourth-order valence-corrected chi connectivity index (χ4v) is 1.67. The molecule has 3 nitrogen and oxygen atoms in total. The van der Waals surface area contributed by atoms with Crippen LogP contribution in [-0.2, 0) is 0 Å². The third kappa shape index (κ3) is 2.11. The summed E-state index contributed by atoms with van der Waals surface area (Å²) in [6.45, 7) is 3.50. The third-order valence-electron chi connectivity index (χ3n) is 2.75. The summed E-state index contributed by atoms with van der Waals surface area (Å²) >= 11 is 0. The lowest BCUT2D eigenvalue weighted by atomic mass is 10.0. The first kappa shape index (κ1) is 11.2. The molecular formula is C12H16FNO2. The normalized spacial score (nSPS) is 16.7. The second-order valence-corrected chi connectivity index (χ2v) is 4.02. The highest BCUT2D eigenvalue weighted by atomic mass is 19.1. The van der Waals surface area contributed by atoms with Crippen LogP contribution >= 0.6 is 0 Å². The van der Waals surface area contributed by atoms with Gasteiger partial charge in [0.25, 0.3) is 0 Å². The van der Waals surface area contributed by atoms with Crippen molar-refractivity contribution in [3.8, 4) is 11.5 Å². The maximum atomic E-state index is 13.8. The Balaban J connectivity index is 2.39. The Kier molecular flexibility index (Phi) is 3.29. The second kappa shape index (κ2) is 4.70. The minimum atomic E-state index is -0.366. The Bertz CT molecular complexity index is 382. The molecule has 2 N–H and O–H groups in total. The average Bonchev–Trinajstić information content (AvgIpc) is 2.53. The molecule has 88 valence electrons. The van der Waals surface area contributed by atoms with Crippen LogP contribution in [-0.4, -0.2) is 19.8 Å². The van der Waals surface area contributed by atoms with Gasteiger partial charge in [0.05, 0.1) is 13.2 Å². The van der Waals surface area contributed by atoms with Crippen LogP contribution in [0.4, 0.5) is 4.39 Å². The smallest absolute Gasteiger partial charge is 0.197 e. The van der Waals surface area contributed by atoms with E-state index in [4.69, 9.17) is 15.2 Å². The summed E-state index contributed by atoms with van der Waals surface area (Å²) in [5.41, 5.74) is 6.42. The zero-order valence-electron chi connectivity index (χ0n) is 9.33.